The minimum absolute atomic E-state index is 0.239. The third-order valence-corrected chi connectivity index (χ3v) is 1.03. The highest BCUT2D eigenvalue weighted by atomic mass is 16.3. The molecule has 0 aliphatic heterocycles. The first-order chi connectivity index (χ1) is 4.22. The van der Waals surface area contributed by atoms with E-state index in [9.17, 15) is 0 Å². The fourth-order valence-electron chi connectivity index (χ4n) is 0.477. The topological polar surface area (TPSA) is 46.2 Å². The summed E-state index contributed by atoms with van der Waals surface area (Å²) >= 11 is 0. The van der Waals surface area contributed by atoms with Crippen LogP contribution in [0.1, 0.15) is 6.92 Å². The first-order valence-electron chi connectivity index (χ1n) is 2.92. The molecule has 0 radical (unpaired) electrons. The lowest BCUT2D eigenvalue weighted by atomic mass is 10.1. The maximum atomic E-state index is 8.98. The van der Waals surface area contributed by atoms with Crippen LogP contribution in [0.3, 0.4) is 0 Å². The van der Waals surface area contributed by atoms with Gasteiger partial charge in [-0.15, -0.1) is 0 Å². The van der Waals surface area contributed by atoms with E-state index < -0.39 is 6.10 Å². The summed E-state index contributed by atoms with van der Waals surface area (Å²) in [6.45, 7) is 5.71. The van der Waals surface area contributed by atoms with E-state index in [2.05, 4.69) is 6.58 Å². The van der Waals surface area contributed by atoms with Gasteiger partial charge in [0.25, 0.3) is 0 Å². The van der Waals surface area contributed by atoms with Gasteiger partial charge in [0.1, 0.15) is 0 Å². The highest BCUT2D eigenvalue weighted by Crippen LogP contribution is 1.98. The maximum absolute atomic E-state index is 8.98. The highest BCUT2D eigenvalue weighted by Gasteiger charge is 2.00. The Labute approximate surface area is 55.7 Å². The Morgan fingerprint density at radius 3 is 2.78 bits per heavy atom. The second-order valence-electron chi connectivity index (χ2n) is 1.83. The SMILES string of the molecule is C=C(C=CC)C(O)CN. The van der Waals surface area contributed by atoms with Crippen molar-refractivity contribution in [2.45, 2.75) is 13.0 Å². The second kappa shape index (κ2) is 4.30. The van der Waals surface area contributed by atoms with Crippen LogP contribution in [0.15, 0.2) is 24.3 Å². The molecule has 0 aromatic heterocycles. The summed E-state index contributed by atoms with van der Waals surface area (Å²) in [5.74, 6) is 0. The number of nitrogens with two attached hydrogens (primary N) is 1. The molecule has 0 saturated carbocycles. The summed E-state index contributed by atoms with van der Waals surface area (Å²) in [4.78, 5) is 0. The standard InChI is InChI=1S/C7H13NO/c1-3-4-6(2)7(9)5-8/h3-4,7,9H,2,5,8H2,1H3. The average molecular weight is 127 g/mol. The van der Waals surface area contributed by atoms with Crippen LogP contribution < -0.4 is 5.73 Å². The Bertz CT molecular complexity index is 118. The van der Waals surface area contributed by atoms with Gasteiger partial charge in [0, 0.05) is 6.54 Å². The lowest BCUT2D eigenvalue weighted by molar-refractivity contribution is 0.223. The summed E-state index contributed by atoms with van der Waals surface area (Å²) in [5.41, 5.74) is 5.83. The molecule has 0 saturated heterocycles. The van der Waals surface area contributed by atoms with Gasteiger partial charge in [-0.3, -0.25) is 0 Å². The van der Waals surface area contributed by atoms with Gasteiger partial charge in [0.2, 0.25) is 0 Å². The highest BCUT2D eigenvalue weighted by molar-refractivity contribution is 5.18. The first kappa shape index (κ1) is 8.40. The molecule has 0 aliphatic carbocycles. The normalized spacial score (nSPS) is 14.1. The fraction of sp³-hybridized carbons (Fsp3) is 0.429. The molecule has 0 aliphatic rings. The van der Waals surface area contributed by atoms with Crippen LogP contribution in [0, 0.1) is 0 Å². The zero-order valence-corrected chi connectivity index (χ0v) is 5.67. The van der Waals surface area contributed by atoms with E-state index in [1.165, 1.54) is 0 Å². The Morgan fingerprint density at radius 2 is 2.44 bits per heavy atom. The van der Waals surface area contributed by atoms with E-state index in [-0.39, 0.29) is 6.54 Å². The van der Waals surface area contributed by atoms with Gasteiger partial charge in [-0.25, -0.2) is 0 Å². The van der Waals surface area contributed by atoms with Crippen molar-refractivity contribution < 1.29 is 5.11 Å². The van der Waals surface area contributed by atoms with Crippen molar-refractivity contribution in [2.75, 3.05) is 6.54 Å². The van der Waals surface area contributed by atoms with Gasteiger partial charge < -0.3 is 10.8 Å². The van der Waals surface area contributed by atoms with Gasteiger partial charge >= 0.3 is 0 Å². The predicted octanol–water partition coefficient (Wildman–Crippen LogP) is 0.438. The van der Waals surface area contributed by atoms with Crippen LogP contribution in [0.2, 0.25) is 0 Å². The molecule has 0 amide bonds. The third-order valence-electron chi connectivity index (χ3n) is 1.03. The molecule has 3 N–H and O–H groups in total. The molecule has 0 fully saturated rings. The molecule has 1 atom stereocenters. The lowest BCUT2D eigenvalue weighted by Gasteiger charge is -2.05. The molecule has 0 rings (SSSR count). The lowest BCUT2D eigenvalue weighted by Crippen LogP contribution is -2.20. The van der Waals surface area contributed by atoms with Crippen molar-refractivity contribution in [3.05, 3.63) is 24.3 Å². The van der Waals surface area contributed by atoms with Crippen LogP contribution in [-0.4, -0.2) is 17.8 Å². The Kier molecular flexibility index (Phi) is 4.01. The molecule has 0 aromatic carbocycles. The quantitative estimate of drug-likeness (QED) is 0.540. The average Bonchev–Trinajstić information content (AvgIpc) is 1.87. The van der Waals surface area contributed by atoms with Crippen molar-refractivity contribution in [2.24, 2.45) is 5.73 Å². The van der Waals surface area contributed by atoms with Crippen LogP contribution in [0.5, 0.6) is 0 Å². The summed E-state index contributed by atoms with van der Waals surface area (Å²) in [5, 5.41) is 8.98. The number of rotatable bonds is 3. The summed E-state index contributed by atoms with van der Waals surface area (Å²) in [7, 11) is 0. The van der Waals surface area contributed by atoms with Gasteiger partial charge in [0.05, 0.1) is 6.10 Å². The molecule has 0 bridgehead atoms. The molecule has 1 unspecified atom stereocenters. The molecular formula is C7H13NO. The van der Waals surface area contributed by atoms with Crippen molar-refractivity contribution in [3.8, 4) is 0 Å². The van der Waals surface area contributed by atoms with Crippen molar-refractivity contribution in [1.29, 1.82) is 0 Å². The summed E-state index contributed by atoms with van der Waals surface area (Å²) in [6.07, 6.45) is 2.99. The number of hydrogen-bond donors (Lipinski definition) is 2. The zero-order valence-electron chi connectivity index (χ0n) is 5.67. The Morgan fingerprint density at radius 1 is 1.89 bits per heavy atom. The largest absolute Gasteiger partial charge is 0.387 e. The molecule has 0 spiro atoms. The van der Waals surface area contributed by atoms with Crippen LogP contribution in [0.4, 0.5) is 0 Å². The predicted molar refractivity (Wildman–Crippen MR) is 39.0 cm³/mol. The van der Waals surface area contributed by atoms with Crippen LogP contribution in [-0.2, 0) is 0 Å². The summed E-state index contributed by atoms with van der Waals surface area (Å²) in [6, 6.07) is 0. The third kappa shape index (κ3) is 3.06. The van der Waals surface area contributed by atoms with E-state index in [1.807, 2.05) is 13.0 Å². The van der Waals surface area contributed by atoms with Gasteiger partial charge in [-0.1, -0.05) is 18.7 Å². The van der Waals surface area contributed by atoms with Gasteiger partial charge in [-0.2, -0.15) is 0 Å². The van der Waals surface area contributed by atoms with E-state index in [4.69, 9.17) is 10.8 Å². The minimum atomic E-state index is -0.582. The van der Waals surface area contributed by atoms with Crippen LogP contribution >= 0.6 is 0 Å². The molecule has 2 nitrogen and oxygen atoms in total. The van der Waals surface area contributed by atoms with Gasteiger partial charge in [0.15, 0.2) is 0 Å². The molecule has 2 heteroatoms. The number of hydrogen-bond acceptors (Lipinski definition) is 2. The Hall–Kier alpha value is -0.600. The molecular weight excluding hydrogens is 114 g/mol. The number of allylic oxidation sites excluding steroid dienone is 1. The number of aliphatic hydroxyl groups is 1. The second-order valence-corrected chi connectivity index (χ2v) is 1.83. The van der Waals surface area contributed by atoms with Crippen molar-refractivity contribution in [1.82, 2.24) is 0 Å². The van der Waals surface area contributed by atoms with E-state index in [0.29, 0.717) is 5.57 Å². The van der Waals surface area contributed by atoms with Crippen molar-refractivity contribution >= 4 is 0 Å². The summed E-state index contributed by atoms with van der Waals surface area (Å²) < 4.78 is 0. The smallest absolute Gasteiger partial charge is 0.0906 e. The van der Waals surface area contributed by atoms with E-state index in [0.717, 1.165) is 0 Å². The van der Waals surface area contributed by atoms with E-state index in [1.54, 1.807) is 6.08 Å². The van der Waals surface area contributed by atoms with Crippen molar-refractivity contribution in [3.63, 3.8) is 0 Å². The molecule has 52 valence electrons. The monoisotopic (exact) mass is 127 g/mol. The zero-order chi connectivity index (χ0) is 7.28. The maximum Gasteiger partial charge on any atom is 0.0906 e. The first-order valence-corrected chi connectivity index (χ1v) is 2.92. The van der Waals surface area contributed by atoms with Crippen LogP contribution in [0.25, 0.3) is 0 Å². The Balaban J connectivity index is 3.73. The number of aliphatic hydroxyl groups excluding tert-OH is 1. The minimum Gasteiger partial charge on any atom is -0.387 e. The van der Waals surface area contributed by atoms with E-state index >= 15 is 0 Å². The molecule has 9 heavy (non-hydrogen) atoms. The van der Waals surface area contributed by atoms with Gasteiger partial charge in [-0.05, 0) is 12.5 Å². The fourth-order valence-corrected chi connectivity index (χ4v) is 0.477. The molecule has 0 aromatic rings. The molecule has 0 heterocycles.